The highest BCUT2D eigenvalue weighted by Gasteiger charge is 2.36. The number of carbonyl (C=O) groups is 1. The molecule has 2 atom stereocenters. The van der Waals surface area contributed by atoms with Crippen molar-refractivity contribution >= 4 is 51.8 Å². The van der Waals surface area contributed by atoms with Gasteiger partial charge in [-0.3, -0.25) is 4.79 Å². The third-order valence-corrected chi connectivity index (χ3v) is 5.00. The molecular formula is C18H27BrIN3O3. The van der Waals surface area contributed by atoms with Gasteiger partial charge in [0.1, 0.15) is 5.75 Å². The molecule has 1 aromatic rings. The maximum Gasteiger partial charge on any atom is 0.310 e. The van der Waals surface area contributed by atoms with Crippen LogP contribution in [0, 0.1) is 11.8 Å². The number of rotatable bonds is 5. The lowest BCUT2D eigenvalue weighted by atomic mass is 9.99. The first-order chi connectivity index (χ1) is 12.0. The molecule has 1 fully saturated rings. The minimum absolute atomic E-state index is 0. The summed E-state index contributed by atoms with van der Waals surface area (Å²) in [4.78, 5) is 18.8. The molecule has 0 radical (unpaired) electrons. The molecule has 1 saturated heterocycles. The van der Waals surface area contributed by atoms with Crippen molar-refractivity contribution in [3.63, 3.8) is 0 Å². The molecule has 6 nitrogen and oxygen atoms in total. The Morgan fingerprint density at radius 1 is 1.38 bits per heavy atom. The van der Waals surface area contributed by atoms with Crippen molar-refractivity contribution in [1.82, 2.24) is 10.2 Å². The lowest BCUT2D eigenvalue weighted by Gasteiger charge is -2.21. The van der Waals surface area contributed by atoms with Crippen LogP contribution in [-0.2, 0) is 16.1 Å². The van der Waals surface area contributed by atoms with Crippen LogP contribution in [0.3, 0.4) is 0 Å². The molecule has 0 bridgehead atoms. The summed E-state index contributed by atoms with van der Waals surface area (Å²) in [7, 11) is 3.09. The standard InChI is InChI=1S/C18H26BrN3O3.HI/c1-5-20-18(22-10-12(2)14(11-22)17(23)25-4)21-9-13-6-7-16(24-3)15(19)8-13;/h6-8,12,14H,5,9-11H2,1-4H3,(H,20,21);1H. The zero-order chi connectivity index (χ0) is 18.4. The van der Waals surface area contributed by atoms with E-state index in [4.69, 9.17) is 14.5 Å². The molecule has 1 aliphatic heterocycles. The summed E-state index contributed by atoms with van der Waals surface area (Å²) < 4.78 is 11.1. The van der Waals surface area contributed by atoms with Gasteiger partial charge in [-0.1, -0.05) is 13.0 Å². The number of benzene rings is 1. The minimum Gasteiger partial charge on any atom is -0.496 e. The van der Waals surface area contributed by atoms with Gasteiger partial charge in [0.25, 0.3) is 0 Å². The first-order valence-electron chi connectivity index (χ1n) is 8.43. The molecule has 0 amide bonds. The van der Waals surface area contributed by atoms with E-state index in [0.717, 1.165) is 34.8 Å². The fraction of sp³-hybridized carbons (Fsp3) is 0.556. The Balaban J connectivity index is 0.00000338. The maximum absolute atomic E-state index is 11.9. The van der Waals surface area contributed by atoms with Crippen LogP contribution in [0.2, 0.25) is 0 Å². The van der Waals surface area contributed by atoms with Crippen LogP contribution in [0.1, 0.15) is 19.4 Å². The molecule has 0 aromatic heterocycles. The second kappa shape index (κ2) is 11.0. The predicted octanol–water partition coefficient (Wildman–Crippen LogP) is 3.28. The van der Waals surface area contributed by atoms with Crippen LogP contribution in [0.5, 0.6) is 5.75 Å². The van der Waals surface area contributed by atoms with Gasteiger partial charge in [0.15, 0.2) is 5.96 Å². The van der Waals surface area contributed by atoms with Gasteiger partial charge in [-0.05, 0) is 46.5 Å². The van der Waals surface area contributed by atoms with Gasteiger partial charge >= 0.3 is 5.97 Å². The molecule has 0 spiro atoms. The van der Waals surface area contributed by atoms with E-state index in [0.29, 0.717) is 13.1 Å². The first-order valence-corrected chi connectivity index (χ1v) is 9.22. The van der Waals surface area contributed by atoms with Crippen LogP contribution < -0.4 is 10.1 Å². The van der Waals surface area contributed by atoms with Gasteiger partial charge in [0.05, 0.1) is 31.2 Å². The van der Waals surface area contributed by atoms with E-state index in [1.54, 1.807) is 7.11 Å². The summed E-state index contributed by atoms with van der Waals surface area (Å²) in [5.41, 5.74) is 1.08. The number of esters is 1. The average molecular weight is 540 g/mol. The van der Waals surface area contributed by atoms with E-state index < -0.39 is 0 Å². The topological polar surface area (TPSA) is 63.2 Å². The van der Waals surface area contributed by atoms with E-state index in [1.807, 2.05) is 25.1 Å². The van der Waals surface area contributed by atoms with E-state index in [9.17, 15) is 4.79 Å². The summed E-state index contributed by atoms with van der Waals surface area (Å²) >= 11 is 3.50. The normalized spacial score (nSPS) is 19.7. The molecule has 0 saturated carbocycles. The smallest absolute Gasteiger partial charge is 0.310 e. The van der Waals surface area contributed by atoms with Crippen molar-refractivity contribution in [3.8, 4) is 5.75 Å². The van der Waals surface area contributed by atoms with Gasteiger partial charge in [-0.15, -0.1) is 24.0 Å². The Kier molecular flexibility index (Phi) is 9.70. The van der Waals surface area contributed by atoms with Crippen molar-refractivity contribution in [2.45, 2.75) is 20.4 Å². The molecule has 2 unspecified atom stereocenters. The Morgan fingerprint density at radius 2 is 2.12 bits per heavy atom. The highest BCUT2D eigenvalue weighted by Crippen LogP contribution is 2.26. The number of hydrogen-bond acceptors (Lipinski definition) is 4. The van der Waals surface area contributed by atoms with Crippen molar-refractivity contribution in [1.29, 1.82) is 0 Å². The molecular weight excluding hydrogens is 513 g/mol. The number of likely N-dealkylation sites (tertiary alicyclic amines) is 1. The van der Waals surface area contributed by atoms with E-state index in [2.05, 4.69) is 33.1 Å². The molecule has 26 heavy (non-hydrogen) atoms. The Bertz CT molecular complexity index is 642. The number of methoxy groups -OCH3 is 2. The summed E-state index contributed by atoms with van der Waals surface area (Å²) in [5, 5.41) is 3.32. The van der Waals surface area contributed by atoms with Gasteiger partial charge in [0.2, 0.25) is 0 Å². The number of hydrogen-bond donors (Lipinski definition) is 1. The number of nitrogens with zero attached hydrogens (tertiary/aromatic N) is 2. The van der Waals surface area contributed by atoms with Crippen molar-refractivity contribution in [3.05, 3.63) is 28.2 Å². The molecule has 0 aliphatic carbocycles. The van der Waals surface area contributed by atoms with Crippen molar-refractivity contribution < 1.29 is 14.3 Å². The number of ether oxygens (including phenoxy) is 2. The lowest BCUT2D eigenvalue weighted by Crippen LogP contribution is -2.40. The molecule has 146 valence electrons. The number of nitrogens with one attached hydrogen (secondary N) is 1. The van der Waals surface area contributed by atoms with Crippen LogP contribution in [0.4, 0.5) is 0 Å². The van der Waals surface area contributed by atoms with E-state index >= 15 is 0 Å². The average Bonchev–Trinajstić information content (AvgIpc) is 2.99. The number of aliphatic imine (C=N–C) groups is 1. The van der Waals surface area contributed by atoms with Gasteiger partial charge in [-0.2, -0.15) is 0 Å². The van der Waals surface area contributed by atoms with Crippen LogP contribution in [0.15, 0.2) is 27.7 Å². The highest BCUT2D eigenvalue weighted by molar-refractivity contribution is 14.0. The van der Waals surface area contributed by atoms with Gasteiger partial charge in [-0.25, -0.2) is 4.99 Å². The second-order valence-corrected chi connectivity index (χ2v) is 7.01. The Labute approximate surface area is 180 Å². The minimum atomic E-state index is -0.148. The molecule has 1 aromatic carbocycles. The quantitative estimate of drug-likeness (QED) is 0.269. The zero-order valence-corrected chi connectivity index (χ0v) is 19.5. The van der Waals surface area contributed by atoms with Crippen molar-refractivity contribution in [2.24, 2.45) is 16.8 Å². The number of halogens is 2. The summed E-state index contributed by atoms with van der Waals surface area (Å²) in [6.45, 7) is 6.87. The third-order valence-electron chi connectivity index (χ3n) is 4.38. The second-order valence-electron chi connectivity index (χ2n) is 6.15. The fourth-order valence-corrected chi connectivity index (χ4v) is 3.59. The summed E-state index contributed by atoms with van der Waals surface area (Å²) in [6, 6.07) is 5.93. The SMILES string of the molecule is CCNC(=NCc1ccc(OC)c(Br)c1)N1CC(C)C(C(=O)OC)C1.I. The Morgan fingerprint density at radius 3 is 2.69 bits per heavy atom. The van der Waals surface area contributed by atoms with E-state index in [1.165, 1.54) is 7.11 Å². The van der Waals surface area contributed by atoms with Gasteiger partial charge in [0, 0.05) is 19.6 Å². The molecule has 1 N–H and O–H groups in total. The van der Waals surface area contributed by atoms with Crippen LogP contribution in [0.25, 0.3) is 0 Å². The van der Waals surface area contributed by atoms with Gasteiger partial charge < -0.3 is 19.7 Å². The number of guanidine groups is 1. The molecule has 8 heteroatoms. The molecule has 1 aliphatic rings. The van der Waals surface area contributed by atoms with Crippen molar-refractivity contribution in [2.75, 3.05) is 33.9 Å². The van der Waals surface area contributed by atoms with Crippen LogP contribution >= 0.6 is 39.9 Å². The largest absolute Gasteiger partial charge is 0.496 e. The molecule has 2 rings (SSSR count). The lowest BCUT2D eigenvalue weighted by molar-refractivity contribution is -0.145. The third kappa shape index (κ3) is 5.73. The maximum atomic E-state index is 11.9. The predicted molar refractivity (Wildman–Crippen MR) is 117 cm³/mol. The molecule has 1 heterocycles. The fourth-order valence-electron chi connectivity index (χ4n) is 3.00. The first kappa shape index (κ1) is 23.0. The van der Waals surface area contributed by atoms with E-state index in [-0.39, 0.29) is 41.8 Å². The monoisotopic (exact) mass is 539 g/mol. The van der Waals surface area contributed by atoms with Crippen LogP contribution in [-0.4, -0.2) is 50.7 Å². The number of carbonyl (C=O) groups excluding carboxylic acids is 1. The zero-order valence-electron chi connectivity index (χ0n) is 15.6. The summed E-state index contributed by atoms with van der Waals surface area (Å²) in [5.74, 6) is 1.61. The highest BCUT2D eigenvalue weighted by atomic mass is 127. The Hall–Kier alpha value is -1.03. The summed E-state index contributed by atoms with van der Waals surface area (Å²) in [6.07, 6.45) is 0.